The first-order chi connectivity index (χ1) is 12.0. The molecule has 138 valence electrons. The number of nitrogens with zero attached hydrogens (tertiary/aromatic N) is 1. The number of hydrogen-bond donors (Lipinski definition) is 1. The first-order valence-corrected chi connectivity index (χ1v) is 6.93. The number of ketones is 1. The number of primary amides is 1. The van der Waals surface area contributed by atoms with Crippen molar-refractivity contribution < 1.29 is 35.9 Å². The smallest absolute Gasteiger partial charge is 0.351 e. The highest BCUT2D eigenvalue weighted by Crippen LogP contribution is 2.30. The summed E-state index contributed by atoms with van der Waals surface area (Å²) in [4.78, 5) is 23.8. The average molecular weight is 376 g/mol. The van der Waals surface area contributed by atoms with E-state index in [0.29, 0.717) is 12.1 Å². The topological polar surface area (TPSA) is 63.4 Å². The third-order valence-electron chi connectivity index (χ3n) is 3.30. The van der Waals surface area contributed by atoms with E-state index in [0.717, 1.165) is 24.3 Å². The van der Waals surface area contributed by atoms with Gasteiger partial charge < -0.3 is 5.73 Å². The first kappa shape index (κ1) is 19.3. The van der Waals surface area contributed by atoms with Gasteiger partial charge in [-0.15, -0.1) is 0 Å². The van der Waals surface area contributed by atoms with Crippen molar-refractivity contribution in [2.45, 2.75) is 6.18 Å². The number of urea groups is 1. The molecule has 2 N–H and O–H groups in total. The van der Waals surface area contributed by atoms with Gasteiger partial charge >= 0.3 is 12.2 Å². The normalized spacial score (nSPS) is 11.3. The van der Waals surface area contributed by atoms with Crippen LogP contribution in [0.15, 0.2) is 36.4 Å². The van der Waals surface area contributed by atoms with E-state index in [9.17, 15) is 35.9 Å². The molecule has 0 radical (unpaired) electrons. The highest BCUT2D eigenvalue weighted by molar-refractivity contribution is 6.14. The molecule has 2 aromatic carbocycles. The molecule has 0 heterocycles. The quantitative estimate of drug-likeness (QED) is 0.652. The lowest BCUT2D eigenvalue weighted by Crippen LogP contribution is -2.43. The van der Waals surface area contributed by atoms with Crippen molar-refractivity contribution in [2.24, 2.45) is 5.73 Å². The molecule has 10 heteroatoms. The minimum absolute atomic E-state index is 0.0979. The number of halogens is 6. The van der Waals surface area contributed by atoms with Crippen LogP contribution >= 0.6 is 0 Å². The predicted octanol–water partition coefficient (Wildman–Crippen LogP) is 3.78. The Morgan fingerprint density at radius 1 is 0.962 bits per heavy atom. The van der Waals surface area contributed by atoms with Gasteiger partial charge in [0.15, 0.2) is 17.4 Å². The first-order valence-electron chi connectivity index (χ1n) is 6.93. The molecule has 0 saturated heterocycles. The summed E-state index contributed by atoms with van der Waals surface area (Å²) >= 11 is 0. The zero-order valence-corrected chi connectivity index (χ0v) is 12.8. The van der Waals surface area contributed by atoms with E-state index in [2.05, 4.69) is 0 Å². The van der Waals surface area contributed by atoms with Crippen LogP contribution in [-0.4, -0.2) is 24.5 Å². The minimum Gasteiger partial charge on any atom is -0.351 e. The molecule has 0 saturated carbocycles. The van der Waals surface area contributed by atoms with E-state index < -0.39 is 53.2 Å². The van der Waals surface area contributed by atoms with Crippen LogP contribution in [0.1, 0.15) is 15.9 Å². The van der Waals surface area contributed by atoms with E-state index in [1.165, 1.54) is 0 Å². The number of hydrogen-bond acceptors (Lipinski definition) is 2. The molecule has 2 aromatic rings. The minimum atomic E-state index is -4.92. The summed E-state index contributed by atoms with van der Waals surface area (Å²) in [5, 5.41) is 0. The van der Waals surface area contributed by atoms with E-state index in [1.54, 1.807) is 0 Å². The molecule has 4 nitrogen and oxygen atoms in total. The van der Waals surface area contributed by atoms with Gasteiger partial charge in [-0.25, -0.2) is 18.0 Å². The molecule has 0 aliphatic heterocycles. The zero-order chi connectivity index (χ0) is 19.6. The molecule has 0 aliphatic rings. The average Bonchev–Trinajstić information content (AvgIpc) is 2.54. The van der Waals surface area contributed by atoms with Gasteiger partial charge in [0.05, 0.1) is 11.3 Å². The summed E-state index contributed by atoms with van der Waals surface area (Å²) in [5.41, 5.74) is 2.59. The Morgan fingerprint density at radius 2 is 1.54 bits per heavy atom. The Bertz CT molecular complexity index is 849. The van der Waals surface area contributed by atoms with Crippen LogP contribution in [0.25, 0.3) is 0 Å². The molecular weight excluding hydrogens is 366 g/mol. The van der Waals surface area contributed by atoms with Crippen molar-refractivity contribution in [3.63, 3.8) is 0 Å². The van der Waals surface area contributed by atoms with E-state index in [1.807, 2.05) is 0 Å². The number of carbonyl (C=O) groups excluding carboxylic acids is 2. The molecule has 2 amide bonds. The summed E-state index contributed by atoms with van der Waals surface area (Å²) in [6.07, 6.45) is -4.92. The Balaban J connectivity index is 2.64. The molecule has 0 bridgehead atoms. The van der Waals surface area contributed by atoms with Gasteiger partial charge in [-0.2, -0.15) is 13.2 Å². The van der Waals surface area contributed by atoms with Crippen molar-refractivity contribution in [2.75, 3.05) is 11.4 Å². The SMILES string of the molecule is NC(=O)N(CC(F)(F)F)c1ccc(F)c(F)c1C(=O)c1ccc(F)cc1. The Morgan fingerprint density at radius 3 is 2.04 bits per heavy atom. The molecule has 0 aliphatic carbocycles. The molecule has 0 spiro atoms. The Kier molecular flexibility index (Phi) is 5.24. The molecule has 0 unspecified atom stereocenters. The number of anilines is 1. The number of nitrogens with two attached hydrogens (primary N) is 1. The number of amides is 2. The van der Waals surface area contributed by atoms with Crippen LogP contribution in [-0.2, 0) is 0 Å². The van der Waals surface area contributed by atoms with Crippen molar-refractivity contribution in [3.05, 3.63) is 65.0 Å². The maximum atomic E-state index is 14.2. The van der Waals surface area contributed by atoms with Crippen molar-refractivity contribution in [3.8, 4) is 0 Å². The molecule has 0 fully saturated rings. The lowest BCUT2D eigenvalue weighted by Gasteiger charge is -2.24. The second-order valence-electron chi connectivity index (χ2n) is 5.13. The number of rotatable bonds is 4. The highest BCUT2D eigenvalue weighted by atomic mass is 19.4. The van der Waals surface area contributed by atoms with E-state index >= 15 is 0 Å². The van der Waals surface area contributed by atoms with Crippen LogP contribution < -0.4 is 10.6 Å². The van der Waals surface area contributed by atoms with E-state index in [4.69, 9.17) is 5.73 Å². The maximum Gasteiger partial charge on any atom is 0.406 e. The number of carbonyl (C=O) groups is 2. The zero-order valence-electron chi connectivity index (χ0n) is 12.8. The Labute approximate surface area is 142 Å². The fourth-order valence-corrected chi connectivity index (χ4v) is 2.19. The van der Waals surface area contributed by atoms with Gasteiger partial charge in [-0.3, -0.25) is 9.69 Å². The van der Waals surface area contributed by atoms with Gasteiger partial charge in [0.25, 0.3) is 0 Å². The molecule has 0 atom stereocenters. The second kappa shape index (κ2) is 7.06. The van der Waals surface area contributed by atoms with Gasteiger partial charge in [-0.05, 0) is 36.4 Å². The monoisotopic (exact) mass is 376 g/mol. The van der Waals surface area contributed by atoms with Gasteiger partial charge in [0.2, 0.25) is 0 Å². The van der Waals surface area contributed by atoms with Crippen LogP contribution in [0.2, 0.25) is 0 Å². The fraction of sp³-hybridized carbons (Fsp3) is 0.125. The van der Waals surface area contributed by atoms with Crippen LogP contribution in [0.4, 0.5) is 36.8 Å². The van der Waals surface area contributed by atoms with Crippen molar-refractivity contribution in [1.29, 1.82) is 0 Å². The molecule has 26 heavy (non-hydrogen) atoms. The van der Waals surface area contributed by atoms with Crippen LogP contribution in [0.3, 0.4) is 0 Å². The van der Waals surface area contributed by atoms with Crippen LogP contribution in [0, 0.1) is 17.5 Å². The lowest BCUT2D eigenvalue weighted by molar-refractivity contribution is -0.118. The second-order valence-corrected chi connectivity index (χ2v) is 5.13. The van der Waals surface area contributed by atoms with Gasteiger partial charge in [0.1, 0.15) is 12.4 Å². The summed E-state index contributed by atoms with van der Waals surface area (Å²) in [6, 6.07) is 3.04. The largest absolute Gasteiger partial charge is 0.406 e. The van der Waals surface area contributed by atoms with Gasteiger partial charge in [-0.1, -0.05) is 0 Å². The number of benzene rings is 2. The molecular formula is C16H10F6N2O2. The lowest BCUT2D eigenvalue weighted by atomic mass is 10.00. The maximum absolute atomic E-state index is 14.2. The van der Waals surface area contributed by atoms with Gasteiger partial charge in [0, 0.05) is 5.56 Å². The standard InChI is InChI=1S/C16H10F6N2O2/c17-9-3-1-8(2-4-9)14(25)12-11(6-5-10(18)13(12)19)24(15(23)26)7-16(20,21)22/h1-6H,7H2,(H2,23,26). The van der Waals surface area contributed by atoms with Crippen molar-refractivity contribution >= 4 is 17.5 Å². The summed E-state index contributed by atoms with van der Waals surface area (Å²) < 4.78 is 78.8. The summed E-state index contributed by atoms with van der Waals surface area (Å²) in [7, 11) is 0. The third-order valence-corrected chi connectivity index (χ3v) is 3.30. The number of alkyl halides is 3. The van der Waals surface area contributed by atoms with Crippen molar-refractivity contribution in [1.82, 2.24) is 0 Å². The molecule has 2 rings (SSSR count). The summed E-state index contributed by atoms with van der Waals surface area (Å²) in [6.45, 7) is -1.92. The van der Waals surface area contributed by atoms with E-state index in [-0.39, 0.29) is 10.5 Å². The predicted molar refractivity (Wildman–Crippen MR) is 79.2 cm³/mol. The fourth-order valence-electron chi connectivity index (χ4n) is 2.19. The Hall–Kier alpha value is -3.04. The summed E-state index contributed by atoms with van der Waals surface area (Å²) in [5.74, 6) is -5.25. The molecule has 0 aromatic heterocycles. The van der Waals surface area contributed by atoms with Crippen LogP contribution in [0.5, 0.6) is 0 Å². The third kappa shape index (κ3) is 4.13. The highest BCUT2D eigenvalue weighted by Gasteiger charge is 2.36.